The molecule has 14 heteroatoms. The van der Waals surface area contributed by atoms with Crippen LogP contribution in [0.2, 0.25) is 10.0 Å². The highest BCUT2D eigenvalue weighted by Crippen LogP contribution is 2.24. The van der Waals surface area contributed by atoms with Crippen molar-refractivity contribution >= 4 is 34.6 Å². The fourth-order valence-corrected chi connectivity index (χ4v) is 3.74. The Bertz CT molecular complexity index is 1490. The number of benzene rings is 2. The molecule has 0 unspecified atom stereocenters. The van der Waals surface area contributed by atoms with E-state index in [9.17, 15) is 9.59 Å². The number of ether oxygens (including phenoxy) is 2. The highest BCUT2D eigenvalue weighted by molar-refractivity contribution is 6.31. The van der Waals surface area contributed by atoms with Crippen LogP contribution in [-0.2, 0) is 0 Å². The van der Waals surface area contributed by atoms with Gasteiger partial charge in [0.05, 0.1) is 14.2 Å². The maximum Gasteiger partial charge on any atom is 0.437 e. The predicted octanol–water partition coefficient (Wildman–Crippen LogP) is 2.36. The smallest absolute Gasteiger partial charge is 0.437 e. The van der Waals surface area contributed by atoms with Crippen molar-refractivity contribution in [1.82, 2.24) is 10.5 Å². The first-order chi connectivity index (χ1) is 17.2. The van der Waals surface area contributed by atoms with Gasteiger partial charge in [-0.3, -0.25) is 9.05 Å². The molecule has 0 spiro atoms. The lowest BCUT2D eigenvalue weighted by atomic mass is 10.2. The number of nitrogens with one attached hydrogen (secondary N) is 2. The summed E-state index contributed by atoms with van der Waals surface area (Å²) in [4.78, 5) is 24.9. The van der Waals surface area contributed by atoms with Gasteiger partial charge in [-0.05, 0) is 45.9 Å². The average Bonchev–Trinajstić information content (AvgIpc) is 3.44. The topological polar surface area (TPSA) is 143 Å². The van der Waals surface area contributed by atoms with Crippen LogP contribution >= 0.6 is 23.2 Å². The molecule has 2 aromatic heterocycles. The molecule has 2 N–H and O–H groups in total. The third-order valence-electron chi connectivity index (χ3n) is 5.09. The molecule has 2 heterocycles. The van der Waals surface area contributed by atoms with Crippen molar-refractivity contribution in [2.24, 2.45) is 10.2 Å². The minimum atomic E-state index is -0.691. The van der Waals surface area contributed by atoms with Gasteiger partial charge in [-0.25, -0.2) is 9.59 Å². The number of rotatable bonds is 7. The molecule has 0 saturated heterocycles. The molecule has 36 heavy (non-hydrogen) atoms. The number of aromatic nitrogens is 4. The van der Waals surface area contributed by atoms with E-state index >= 15 is 0 Å². The molecule has 0 aliphatic heterocycles. The average molecular weight is 535 g/mol. The van der Waals surface area contributed by atoms with E-state index in [4.69, 9.17) is 41.7 Å². The van der Waals surface area contributed by atoms with Gasteiger partial charge in [-0.2, -0.15) is 0 Å². The minimum Gasteiger partial charge on any atom is -0.490 e. The van der Waals surface area contributed by atoms with Gasteiger partial charge >= 0.3 is 22.6 Å². The monoisotopic (exact) mass is 534 g/mol. The highest BCUT2D eigenvalue weighted by atomic mass is 35.5. The van der Waals surface area contributed by atoms with Crippen LogP contribution in [-0.4, -0.2) is 36.2 Å². The molecular formula is C22H20Cl2N6O6+2. The Kier molecular flexibility index (Phi) is 7.08. The molecule has 0 aliphatic carbocycles. The van der Waals surface area contributed by atoms with Gasteiger partial charge in [0, 0.05) is 34.3 Å². The highest BCUT2D eigenvalue weighted by Gasteiger charge is 2.31. The Morgan fingerprint density at radius 2 is 1.17 bits per heavy atom. The van der Waals surface area contributed by atoms with Gasteiger partial charge in [0.15, 0.2) is 11.5 Å². The summed E-state index contributed by atoms with van der Waals surface area (Å²) in [6.07, 6.45) is 0. The molecule has 4 rings (SSSR count). The predicted molar refractivity (Wildman–Crippen MR) is 129 cm³/mol. The number of aromatic amines is 2. The summed E-state index contributed by atoms with van der Waals surface area (Å²) < 4.78 is 23.4. The van der Waals surface area contributed by atoms with Crippen molar-refractivity contribution in [2.75, 3.05) is 14.2 Å². The molecule has 2 aromatic carbocycles. The van der Waals surface area contributed by atoms with E-state index < -0.39 is 11.3 Å². The van der Waals surface area contributed by atoms with Crippen LogP contribution in [0, 0.1) is 0 Å². The second kappa shape index (κ2) is 10.2. The number of H-pyrrole nitrogens is 2. The third kappa shape index (κ3) is 4.68. The molecule has 0 atom stereocenters. The van der Waals surface area contributed by atoms with Crippen LogP contribution in [0.1, 0.15) is 25.2 Å². The minimum absolute atomic E-state index is 0.0560. The van der Waals surface area contributed by atoms with E-state index in [0.29, 0.717) is 32.9 Å². The van der Waals surface area contributed by atoms with Crippen molar-refractivity contribution in [1.29, 1.82) is 0 Å². The van der Waals surface area contributed by atoms with Crippen molar-refractivity contribution < 1.29 is 27.9 Å². The summed E-state index contributed by atoms with van der Waals surface area (Å²) in [5, 5.41) is 14.2. The lowest BCUT2D eigenvalue weighted by molar-refractivity contribution is -0.672. The summed E-state index contributed by atoms with van der Waals surface area (Å²) in [7, 11) is 2.94. The summed E-state index contributed by atoms with van der Waals surface area (Å²) in [6, 6.07) is 9.72. The first-order valence-electron chi connectivity index (χ1n) is 10.3. The third-order valence-corrected chi connectivity index (χ3v) is 5.56. The zero-order chi connectivity index (χ0) is 26.0. The summed E-state index contributed by atoms with van der Waals surface area (Å²) in [6.45, 7) is 3.12. The van der Waals surface area contributed by atoms with Gasteiger partial charge in [0.1, 0.15) is 11.4 Å². The zero-order valence-electron chi connectivity index (χ0n) is 19.5. The van der Waals surface area contributed by atoms with Gasteiger partial charge in [0.2, 0.25) is 0 Å². The van der Waals surface area contributed by atoms with E-state index in [1.807, 2.05) is 0 Å². The summed E-state index contributed by atoms with van der Waals surface area (Å²) in [5.41, 5.74) is 0.0233. The van der Waals surface area contributed by atoms with Gasteiger partial charge in [-0.15, -0.1) is 10.2 Å². The van der Waals surface area contributed by atoms with Crippen molar-refractivity contribution in [3.8, 4) is 22.9 Å². The molecule has 0 amide bonds. The summed E-state index contributed by atoms with van der Waals surface area (Å²) in [5.74, 6) is 0.780. The lowest BCUT2D eigenvalue weighted by Crippen LogP contribution is -2.41. The Labute approximate surface area is 212 Å². The molecular weight excluding hydrogens is 515 g/mol. The second-order valence-corrected chi connectivity index (χ2v) is 8.21. The fraction of sp³-hybridized carbons (Fsp3) is 0.182. The van der Waals surface area contributed by atoms with Crippen LogP contribution in [0.4, 0.5) is 0 Å². The molecule has 186 valence electrons. The number of methoxy groups -OCH3 is 2. The molecule has 0 fully saturated rings. The maximum absolute atomic E-state index is 12.5. The van der Waals surface area contributed by atoms with Crippen LogP contribution < -0.4 is 30.1 Å². The second-order valence-electron chi connectivity index (χ2n) is 7.33. The quantitative estimate of drug-likeness (QED) is 0.211. The lowest BCUT2D eigenvalue weighted by Gasteiger charge is -2.02. The van der Waals surface area contributed by atoms with Crippen molar-refractivity contribution in [3.05, 3.63) is 78.7 Å². The van der Waals surface area contributed by atoms with Gasteiger partial charge in [-0.1, -0.05) is 23.2 Å². The van der Waals surface area contributed by atoms with Gasteiger partial charge < -0.3 is 9.47 Å². The van der Waals surface area contributed by atoms with Crippen LogP contribution in [0.15, 0.2) is 65.2 Å². The number of nitrogens with zero attached hydrogens (tertiary/aromatic N) is 4. The molecule has 0 saturated carbocycles. The number of halogens is 2. The van der Waals surface area contributed by atoms with Crippen molar-refractivity contribution in [2.45, 2.75) is 13.8 Å². The number of hydrogen-bond acceptors (Lipinski definition) is 8. The molecule has 0 aliphatic rings. The van der Waals surface area contributed by atoms with E-state index in [1.165, 1.54) is 23.6 Å². The molecule has 12 nitrogen and oxygen atoms in total. The zero-order valence-corrected chi connectivity index (χ0v) is 21.0. The Morgan fingerprint density at radius 3 is 1.53 bits per heavy atom. The number of hydrogen-bond donors (Lipinski definition) is 2. The van der Waals surface area contributed by atoms with E-state index in [0.717, 1.165) is 0 Å². The fourth-order valence-electron chi connectivity index (χ4n) is 3.42. The Morgan fingerprint density at radius 1 is 0.778 bits per heavy atom. The van der Waals surface area contributed by atoms with Gasteiger partial charge in [0.25, 0.3) is 11.4 Å². The van der Waals surface area contributed by atoms with E-state index in [1.54, 1.807) is 50.2 Å². The maximum atomic E-state index is 12.5. The standard InChI is InChI=1S/C22H19Cl2N6O6/c1-11(19-21(31)35-27-29(19)15-7-5-13(23)9-17(15)33-3)25-26-12(2)20-22(32)36-28-30(20)16-8-6-14(24)10-18(16)34-4/h5-10,27H,1-4H3/q+1/p+1. The molecule has 4 aromatic rings. The normalized spacial score (nSPS) is 12.2. The SMILES string of the molecule is COc1cc(Cl)ccc1-[n+]1[nH]oc(=O)c1/C(C)=N/N=C(\C)c1c(=O)o[nH][n+]1-c1ccc(Cl)cc1OC. The van der Waals surface area contributed by atoms with Crippen LogP contribution in [0.5, 0.6) is 11.5 Å². The van der Waals surface area contributed by atoms with E-state index in [2.05, 4.69) is 20.7 Å². The molecule has 0 bridgehead atoms. The largest absolute Gasteiger partial charge is 0.490 e. The van der Waals surface area contributed by atoms with Crippen LogP contribution in [0.25, 0.3) is 11.4 Å². The summed E-state index contributed by atoms with van der Waals surface area (Å²) >= 11 is 12.1. The van der Waals surface area contributed by atoms with Crippen molar-refractivity contribution in [3.63, 3.8) is 0 Å². The first-order valence-corrected chi connectivity index (χ1v) is 11.0. The van der Waals surface area contributed by atoms with Crippen LogP contribution in [0.3, 0.4) is 0 Å². The first kappa shape index (κ1) is 24.9. The molecule has 0 radical (unpaired) electrons. The van der Waals surface area contributed by atoms with E-state index in [-0.39, 0.29) is 22.8 Å². The Balaban J connectivity index is 1.77. The Hall–Kier alpha value is -4.16.